The zero-order chi connectivity index (χ0) is 11.4. The highest BCUT2D eigenvalue weighted by Crippen LogP contribution is 2.08. The third kappa shape index (κ3) is 3.08. The van der Waals surface area contributed by atoms with Crippen molar-refractivity contribution in [2.45, 2.75) is 26.9 Å². The quantitative estimate of drug-likeness (QED) is 0.877. The number of nitrogens with zero attached hydrogens (tertiary/aromatic N) is 3. The Kier molecular flexibility index (Phi) is 3.58. The van der Waals surface area contributed by atoms with Gasteiger partial charge in [-0.25, -0.2) is 4.98 Å². The summed E-state index contributed by atoms with van der Waals surface area (Å²) in [5.74, 6) is 0. The van der Waals surface area contributed by atoms with Crippen LogP contribution in [0.5, 0.6) is 0 Å². The number of rotatable bonds is 4. The van der Waals surface area contributed by atoms with Gasteiger partial charge in [-0.2, -0.15) is 0 Å². The summed E-state index contributed by atoms with van der Waals surface area (Å²) in [7, 11) is 0. The molecule has 1 N–H and O–H groups in total. The smallest absolute Gasteiger partial charge is 0.107 e. The fourth-order valence-corrected chi connectivity index (χ4v) is 2.03. The van der Waals surface area contributed by atoms with E-state index in [1.54, 1.807) is 23.7 Å². The van der Waals surface area contributed by atoms with Crippen molar-refractivity contribution in [2.24, 2.45) is 0 Å². The summed E-state index contributed by atoms with van der Waals surface area (Å²) >= 11 is 1.68. The van der Waals surface area contributed by atoms with E-state index in [1.807, 2.05) is 13.8 Å². The van der Waals surface area contributed by atoms with E-state index in [9.17, 15) is 0 Å². The van der Waals surface area contributed by atoms with E-state index >= 15 is 0 Å². The minimum absolute atomic E-state index is 0.728. The molecule has 0 aliphatic rings. The maximum Gasteiger partial charge on any atom is 0.107 e. The van der Waals surface area contributed by atoms with Crippen molar-refractivity contribution in [3.63, 3.8) is 0 Å². The molecule has 2 aromatic rings. The Morgan fingerprint density at radius 1 is 1.12 bits per heavy atom. The van der Waals surface area contributed by atoms with Crippen molar-refractivity contribution in [2.75, 3.05) is 0 Å². The fraction of sp³-hybridized carbons (Fsp3) is 0.364. The molecule has 0 fully saturated rings. The Morgan fingerprint density at radius 2 is 2.00 bits per heavy atom. The normalized spacial score (nSPS) is 10.6. The molecule has 84 valence electrons. The number of hydrogen-bond donors (Lipinski definition) is 1. The largest absolute Gasteiger partial charge is 0.305 e. The maximum absolute atomic E-state index is 4.38. The van der Waals surface area contributed by atoms with Crippen LogP contribution in [-0.4, -0.2) is 15.0 Å². The molecule has 16 heavy (non-hydrogen) atoms. The molecule has 0 bridgehead atoms. The molecule has 0 spiro atoms. The summed E-state index contributed by atoms with van der Waals surface area (Å²) in [5.41, 5.74) is 2.98. The Labute approximate surface area is 98.8 Å². The number of aromatic nitrogens is 3. The molecule has 4 nitrogen and oxygen atoms in total. The second kappa shape index (κ2) is 5.14. The third-order valence-corrected chi connectivity index (χ3v) is 3.05. The van der Waals surface area contributed by atoms with Gasteiger partial charge in [-0.05, 0) is 13.8 Å². The molecule has 0 saturated carbocycles. The molecular formula is C11H14N4S. The first-order valence-electron chi connectivity index (χ1n) is 5.13. The predicted molar refractivity (Wildman–Crippen MR) is 64.2 cm³/mol. The molecule has 0 amide bonds. The van der Waals surface area contributed by atoms with Gasteiger partial charge < -0.3 is 5.32 Å². The van der Waals surface area contributed by atoms with E-state index in [0.717, 1.165) is 35.2 Å². The van der Waals surface area contributed by atoms with Gasteiger partial charge >= 0.3 is 0 Å². The molecular weight excluding hydrogens is 220 g/mol. The van der Waals surface area contributed by atoms with Crippen LogP contribution in [0.15, 0.2) is 17.8 Å². The van der Waals surface area contributed by atoms with Crippen molar-refractivity contribution in [1.82, 2.24) is 20.3 Å². The summed E-state index contributed by atoms with van der Waals surface area (Å²) < 4.78 is 0. The van der Waals surface area contributed by atoms with Crippen molar-refractivity contribution < 1.29 is 0 Å². The van der Waals surface area contributed by atoms with Gasteiger partial charge in [-0.1, -0.05) is 0 Å². The molecule has 5 heteroatoms. The highest BCUT2D eigenvalue weighted by atomic mass is 32.1. The molecule has 0 unspecified atom stereocenters. The lowest BCUT2D eigenvalue weighted by Gasteiger charge is -2.01. The molecule has 0 aliphatic carbocycles. The topological polar surface area (TPSA) is 50.7 Å². The summed E-state index contributed by atoms with van der Waals surface area (Å²) in [6.07, 6.45) is 3.58. The monoisotopic (exact) mass is 234 g/mol. The highest BCUT2D eigenvalue weighted by molar-refractivity contribution is 7.09. The highest BCUT2D eigenvalue weighted by Gasteiger charge is 1.99. The lowest BCUT2D eigenvalue weighted by Crippen LogP contribution is -2.13. The van der Waals surface area contributed by atoms with Crippen LogP contribution in [0.4, 0.5) is 0 Å². The van der Waals surface area contributed by atoms with Gasteiger partial charge in [0.25, 0.3) is 0 Å². The average Bonchev–Trinajstić information content (AvgIpc) is 2.67. The zero-order valence-electron chi connectivity index (χ0n) is 9.40. The van der Waals surface area contributed by atoms with Crippen molar-refractivity contribution in [3.8, 4) is 0 Å². The Bertz CT molecular complexity index is 449. The van der Waals surface area contributed by atoms with E-state index in [2.05, 4.69) is 25.6 Å². The standard InChI is InChI=1S/C11H14N4S/c1-8-3-14-10(5-13-8)4-12-6-11-15-9(2)7-16-11/h3,5,7,12H,4,6H2,1-2H3. The molecule has 0 aliphatic heterocycles. The van der Waals surface area contributed by atoms with Gasteiger partial charge in [-0.3, -0.25) is 9.97 Å². The minimum atomic E-state index is 0.728. The van der Waals surface area contributed by atoms with Gasteiger partial charge in [0.15, 0.2) is 0 Å². The van der Waals surface area contributed by atoms with Crippen molar-refractivity contribution in [1.29, 1.82) is 0 Å². The summed E-state index contributed by atoms with van der Waals surface area (Å²) in [6.45, 7) is 5.45. The van der Waals surface area contributed by atoms with Crippen LogP contribution >= 0.6 is 11.3 Å². The van der Waals surface area contributed by atoms with Crippen molar-refractivity contribution >= 4 is 11.3 Å². The fourth-order valence-electron chi connectivity index (χ4n) is 1.29. The van der Waals surface area contributed by atoms with Gasteiger partial charge in [0.05, 0.1) is 11.4 Å². The van der Waals surface area contributed by atoms with Crippen LogP contribution in [0.3, 0.4) is 0 Å². The first-order chi connectivity index (χ1) is 7.74. The SMILES string of the molecule is Cc1cnc(CNCc2nc(C)cs2)cn1. The lowest BCUT2D eigenvalue weighted by atomic mass is 10.4. The zero-order valence-corrected chi connectivity index (χ0v) is 10.2. The number of aryl methyl sites for hydroxylation is 2. The molecule has 2 heterocycles. The van der Waals surface area contributed by atoms with Crippen LogP contribution in [0, 0.1) is 13.8 Å². The summed E-state index contributed by atoms with van der Waals surface area (Å²) in [5, 5.41) is 6.46. The molecule has 2 rings (SSSR count). The number of thiazole rings is 1. The first-order valence-corrected chi connectivity index (χ1v) is 6.01. The van der Waals surface area contributed by atoms with E-state index in [-0.39, 0.29) is 0 Å². The second-order valence-electron chi connectivity index (χ2n) is 3.64. The Morgan fingerprint density at radius 3 is 2.62 bits per heavy atom. The molecule has 0 aromatic carbocycles. The predicted octanol–water partition coefficient (Wildman–Crippen LogP) is 1.84. The Hall–Kier alpha value is -1.33. The second-order valence-corrected chi connectivity index (χ2v) is 4.58. The lowest BCUT2D eigenvalue weighted by molar-refractivity contribution is 0.672. The van der Waals surface area contributed by atoms with E-state index in [1.165, 1.54) is 0 Å². The van der Waals surface area contributed by atoms with Crippen LogP contribution in [0.1, 0.15) is 22.1 Å². The number of hydrogen-bond acceptors (Lipinski definition) is 5. The first kappa shape index (κ1) is 11.2. The Balaban J connectivity index is 1.82. The average molecular weight is 234 g/mol. The van der Waals surface area contributed by atoms with Gasteiger partial charge in [0.2, 0.25) is 0 Å². The summed E-state index contributed by atoms with van der Waals surface area (Å²) in [4.78, 5) is 12.8. The van der Waals surface area contributed by atoms with Crippen LogP contribution in [0.2, 0.25) is 0 Å². The van der Waals surface area contributed by atoms with Gasteiger partial charge in [-0.15, -0.1) is 11.3 Å². The van der Waals surface area contributed by atoms with E-state index < -0.39 is 0 Å². The van der Waals surface area contributed by atoms with E-state index in [4.69, 9.17) is 0 Å². The van der Waals surface area contributed by atoms with Crippen molar-refractivity contribution in [3.05, 3.63) is 39.9 Å². The van der Waals surface area contributed by atoms with Gasteiger partial charge in [0, 0.05) is 36.6 Å². The summed E-state index contributed by atoms with van der Waals surface area (Å²) in [6, 6.07) is 0. The van der Waals surface area contributed by atoms with Gasteiger partial charge in [0.1, 0.15) is 5.01 Å². The molecule has 2 aromatic heterocycles. The van der Waals surface area contributed by atoms with Crippen LogP contribution < -0.4 is 5.32 Å². The maximum atomic E-state index is 4.38. The third-order valence-electron chi connectivity index (χ3n) is 2.08. The van der Waals surface area contributed by atoms with Crippen LogP contribution in [0.25, 0.3) is 0 Å². The molecule has 0 radical (unpaired) electrons. The van der Waals surface area contributed by atoms with Crippen LogP contribution in [-0.2, 0) is 13.1 Å². The minimum Gasteiger partial charge on any atom is -0.305 e. The molecule has 0 saturated heterocycles. The van der Waals surface area contributed by atoms with E-state index in [0.29, 0.717) is 0 Å². The molecule has 0 atom stereocenters. The number of nitrogens with one attached hydrogen (secondary N) is 1.